The van der Waals surface area contributed by atoms with E-state index in [0.29, 0.717) is 35.9 Å². The molecule has 2 heteroatoms. The lowest BCUT2D eigenvalue weighted by atomic mass is 9.81. The molecule has 2 nitrogen and oxygen atoms in total. The lowest BCUT2D eigenvalue weighted by Crippen LogP contribution is -2.25. The van der Waals surface area contributed by atoms with Crippen molar-refractivity contribution in [3.05, 3.63) is 0 Å². The molecule has 0 aromatic heterocycles. The van der Waals surface area contributed by atoms with Crippen molar-refractivity contribution in [3.63, 3.8) is 0 Å². The lowest BCUT2D eigenvalue weighted by Gasteiger charge is -2.23. The van der Waals surface area contributed by atoms with Crippen molar-refractivity contribution in [2.45, 2.75) is 46.1 Å². The molecule has 6 atom stereocenters. The van der Waals surface area contributed by atoms with Crippen LogP contribution < -0.4 is 0 Å². The van der Waals surface area contributed by atoms with Crippen LogP contribution in [0.1, 0.15) is 40.0 Å². The molecule has 16 heavy (non-hydrogen) atoms. The van der Waals surface area contributed by atoms with Gasteiger partial charge in [0.25, 0.3) is 0 Å². The number of aliphatic hydroxyl groups is 1. The number of rotatable bonds is 0. The maximum Gasteiger partial charge on any atom is 0.138 e. The average molecular weight is 222 g/mol. The summed E-state index contributed by atoms with van der Waals surface area (Å²) >= 11 is 0. The van der Waals surface area contributed by atoms with Crippen LogP contribution in [0.4, 0.5) is 0 Å². The minimum Gasteiger partial charge on any atom is -0.392 e. The van der Waals surface area contributed by atoms with Crippen molar-refractivity contribution in [1.82, 2.24) is 0 Å². The van der Waals surface area contributed by atoms with E-state index in [0.717, 1.165) is 6.42 Å². The molecule has 0 aromatic carbocycles. The van der Waals surface area contributed by atoms with E-state index in [1.165, 1.54) is 6.42 Å². The summed E-state index contributed by atoms with van der Waals surface area (Å²) in [6, 6.07) is 0. The highest BCUT2D eigenvalue weighted by atomic mass is 16.3. The van der Waals surface area contributed by atoms with E-state index in [1.807, 2.05) is 0 Å². The molecular weight excluding hydrogens is 200 g/mol. The Morgan fingerprint density at radius 1 is 1.25 bits per heavy atom. The molecule has 2 unspecified atom stereocenters. The summed E-state index contributed by atoms with van der Waals surface area (Å²) in [7, 11) is 0. The van der Waals surface area contributed by atoms with Gasteiger partial charge in [0.2, 0.25) is 0 Å². The highest BCUT2D eigenvalue weighted by Gasteiger charge is 2.68. The molecule has 0 aromatic rings. The van der Waals surface area contributed by atoms with Crippen LogP contribution in [-0.4, -0.2) is 17.0 Å². The van der Waals surface area contributed by atoms with E-state index < -0.39 is 0 Å². The zero-order valence-corrected chi connectivity index (χ0v) is 10.4. The molecule has 0 spiro atoms. The van der Waals surface area contributed by atoms with E-state index in [1.54, 1.807) is 0 Å². The topological polar surface area (TPSA) is 37.3 Å². The van der Waals surface area contributed by atoms with Crippen molar-refractivity contribution in [3.8, 4) is 0 Å². The molecule has 0 amide bonds. The summed E-state index contributed by atoms with van der Waals surface area (Å²) in [4.78, 5) is 12.1. The predicted octanol–water partition coefficient (Wildman–Crippen LogP) is 2.25. The number of carbonyl (C=O) groups is 1. The molecule has 3 rings (SSSR count). The number of fused-ring (bicyclic) bond motifs is 3. The molecule has 3 fully saturated rings. The molecule has 3 saturated carbocycles. The van der Waals surface area contributed by atoms with Crippen LogP contribution in [0.15, 0.2) is 0 Å². The Morgan fingerprint density at radius 3 is 2.62 bits per heavy atom. The Hall–Kier alpha value is -0.370. The van der Waals surface area contributed by atoms with E-state index in [4.69, 9.17) is 0 Å². The van der Waals surface area contributed by atoms with Crippen LogP contribution in [0.2, 0.25) is 0 Å². The van der Waals surface area contributed by atoms with E-state index in [-0.39, 0.29) is 17.4 Å². The standard InChI is InChI=1S/C14H22O2/c1-7-4-5-8-9(15)6-10(16)12-13(11(7)8)14(12,2)3/h7-8,10-13,16H,4-6H2,1-3H3/t7-,8+,10-,11-,12?,13?/m1/s1. The number of carbonyl (C=O) groups excluding carboxylic acids is 1. The summed E-state index contributed by atoms with van der Waals surface area (Å²) < 4.78 is 0. The second-order valence-corrected chi connectivity index (χ2v) is 6.85. The number of hydrogen-bond acceptors (Lipinski definition) is 2. The number of hydrogen-bond donors (Lipinski definition) is 1. The van der Waals surface area contributed by atoms with Crippen molar-refractivity contribution in [1.29, 1.82) is 0 Å². The SMILES string of the molecule is C[C@@H]1CC[C@H]2C(=O)C[C@@H](O)C3C([C@H]12)C3(C)C. The molecule has 1 N–H and O–H groups in total. The van der Waals surface area contributed by atoms with Gasteiger partial charge < -0.3 is 5.11 Å². The van der Waals surface area contributed by atoms with Gasteiger partial charge in [0.05, 0.1) is 6.10 Å². The quantitative estimate of drug-likeness (QED) is 0.682. The normalized spacial score (nSPS) is 54.1. The first-order valence-electron chi connectivity index (χ1n) is 6.65. The van der Waals surface area contributed by atoms with Gasteiger partial charge >= 0.3 is 0 Å². The Kier molecular flexibility index (Phi) is 2.08. The predicted molar refractivity (Wildman–Crippen MR) is 61.8 cm³/mol. The van der Waals surface area contributed by atoms with Crippen LogP contribution >= 0.6 is 0 Å². The molecule has 0 saturated heterocycles. The van der Waals surface area contributed by atoms with Gasteiger partial charge in [-0.1, -0.05) is 20.8 Å². The zero-order chi connectivity index (χ0) is 11.7. The largest absolute Gasteiger partial charge is 0.392 e. The van der Waals surface area contributed by atoms with Crippen molar-refractivity contribution in [2.24, 2.45) is 35.0 Å². The number of Topliss-reactive ketones (excluding diaryl/α,β-unsaturated/α-hetero) is 1. The third kappa shape index (κ3) is 1.20. The van der Waals surface area contributed by atoms with Gasteiger partial charge in [-0.05, 0) is 41.9 Å². The average Bonchev–Trinajstić information content (AvgIpc) is 2.58. The minimum absolute atomic E-state index is 0.265. The fourth-order valence-electron chi connectivity index (χ4n) is 4.88. The highest BCUT2D eigenvalue weighted by Crippen LogP contribution is 2.69. The third-order valence-electron chi connectivity index (χ3n) is 5.70. The van der Waals surface area contributed by atoms with Gasteiger partial charge in [0.15, 0.2) is 0 Å². The first kappa shape index (κ1) is 10.8. The summed E-state index contributed by atoms with van der Waals surface area (Å²) in [6.07, 6.45) is 2.32. The molecule has 0 radical (unpaired) electrons. The Balaban J connectivity index is 1.96. The Bertz CT molecular complexity index is 334. The van der Waals surface area contributed by atoms with Crippen LogP contribution in [0.5, 0.6) is 0 Å². The zero-order valence-electron chi connectivity index (χ0n) is 10.4. The van der Waals surface area contributed by atoms with E-state index >= 15 is 0 Å². The van der Waals surface area contributed by atoms with Crippen LogP contribution in [0, 0.1) is 35.0 Å². The first-order valence-corrected chi connectivity index (χ1v) is 6.65. The fourth-order valence-corrected chi connectivity index (χ4v) is 4.88. The van der Waals surface area contributed by atoms with Gasteiger partial charge in [-0.2, -0.15) is 0 Å². The summed E-state index contributed by atoms with van der Waals surface area (Å²) in [5.41, 5.74) is 0.266. The van der Waals surface area contributed by atoms with Gasteiger partial charge in [-0.25, -0.2) is 0 Å². The second-order valence-electron chi connectivity index (χ2n) is 6.85. The lowest BCUT2D eigenvalue weighted by molar-refractivity contribution is -0.125. The van der Waals surface area contributed by atoms with Crippen molar-refractivity contribution in [2.75, 3.05) is 0 Å². The van der Waals surface area contributed by atoms with Gasteiger partial charge in [0, 0.05) is 12.3 Å². The summed E-state index contributed by atoms with van der Waals surface area (Å²) in [6.45, 7) is 6.83. The molecule has 0 bridgehead atoms. The molecule has 3 aliphatic rings. The summed E-state index contributed by atoms with van der Waals surface area (Å²) in [5, 5.41) is 10.1. The van der Waals surface area contributed by atoms with Crippen molar-refractivity contribution >= 4 is 5.78 Å². The van der Waals surface area contributed by atoms with Crippen LogP contribution in [0.3, 0.4) is 0 Å². The fraction of sp³-hybridized carbons (Fsp3) is 0.929. The number of ketones is 1. The maximum atomic E-state index is 12.1. The first-order chi connectivity index (χ1) is 7.44. The van der Waals surface area contributed by atoms with Gasteiger partial charge in [0.1, 0.15) is 5.78 Å². The van der Waals surface area contributed by atoms with Crippen molar-refractivity contribution < 1.29 is 9.90 Å². The monoisotopic (exact) mass is 222 g/mol. The molecule has 0 aliphatic heterocycles. The molecule has 90 valence electrons. The highest BCUT2D eigenvalue weighted by molar-refractivity contribution is 5.83. The number of aliphatic hydroxyl groups excluding tert-OH is 1. The minimum atomic E-state index is -0.370. The second kappa shape index (κ2) is 3.10. The van der Waals surface area contributed by atoms with Crippen LogP contribution in [0.25, 0.3) is 0 Å². The Labute approximate surface area is 97.4 Å². The van der Waals surface area contributed by atoms with E-state index in [2.05, 4.69) is 20.8 Å². The van der Waals surface area contributed by atoms with Gasteiger partial charge in [-0.3, -0.25) is 4.79 Å². The maximum absolute atomic E-state index is 12.1. The molecule has 0 heterocycles. The molecular formula is C14H22O2. The van der Waals surface area contributed by atoms with E-state index in [9.17, 15) is 9.90 Å². The smallest absolute Gasteiger partial charge is 0.138 e. The Morgan fingerprint density at radius 2 is 1.94 bits per heavy atom. The van der Waals surface area contributed by atoms with Gasteiger partial charge in [-0.15, -0.1) is 0 Å². The third-order valence-corrected chi connectivity index (χ3v) is 5.70. The van der Waals surface area contributed by atoms with Crippen LogP contribution in [-0.2, 0) is 4.79 Å². The molecule has 3 aliphatic carbocycles. The summed E-state index contributed by atoms with van der Waals surface area (Å²) in [5.74, 6) is 2.81.